The first-order valence-electron chi connectivity index (χ1n) is 5.17. The van der Waals surface area contributed by atoms with Crippen LogP contribution in [0.3, 0.4) is 0 Å². The van der Waals surface area contributed by atoms with Gasteiger partial charge in [0.05, 0.1) is 16.1 Å². The minimum atomic E-state index is -0.365. The summed E-state index contributed by atoms with van der Waals surface area (Å²) in [4.78, 5) is 6.05. The zero-order chi connectivity index (χ0) is 13.0. The Morgan fingerprint density at radius 2 is 2.18 bits per heavy atom. The van der Waals surface area contributed by atoms with Crippen molar-refractivity contribution in [1.29, 1.82) is 0 Å². The van der Waals surface area contributed by atoms with Crippen molar-refractivity contribution in [2.24, 2.45) is 5.84 Å². The summed E-state index contributed by atoms with van der Waals surface area (Å²) in [6.45, 7) is 2.37. The summed E-state index contributed by atoms with van der Waals surface area (Å²) in [6, 6.07) is 1.58. The average Bonchev–Trinajstić information content (AvgIpc) is 2.26. The van der Waals surface area contributed by atoms with Gasteiger partial charge in [0.15, 0.2) is 5.82 Å². The third-order valence-corrected chi connectivity index (χ3v) is 2.86. The van der Waals surface area contributed by atoms with Gasteiger partial charge in [-0.05, 0) is 19.4 Å². The summed E-state index contributed by atoms with van der Waals surface area (Å²) in [5, 5.41) is 10.0. The number of hydrogen-bond acceptors (Lipinski definition) is 5. The number of nitrogens with one attached hydrogen (secondary N) is 1. The molecular weight excluding hydrogens is 263 g/mol. The molecule has 1 rings (SSSR count). The molecule has 0 spiro atoms. The normalized spacial score (nSPS) is 12.4. The van der Waals surface area contributed by atoms with E-state index in [9.17, 15) is 5.11 Å². The maximum atomic E-state index is 9.23. The molecule has 96 valence electrons. The smallest absolute Gasteiger partial charge is 0.161 e. The van der Waals surface area contributed by atoms with Gasteiger partial charge in [0.1, 0.15) is 5.82 Å². The van der Waals surface area contributed by atoms with Gasteiger partial charge >= 0.3 is 0 Å². The molecule has 0 aliphatic carbocycles. The van der Waals surface area contributed by atoms with E-state index in [1.54, 1.807) is 13.0 Å². The van der Waals surface area contributed by atoms with E-state index in [-0.39, 0.29) is 6.10 Å². The second-order valence-corrected chi connectivity index (χ2v) is 4.64. The lowest BCUT2D eigenvalue weighted by Gasteiger charge is -2.21. The van der Waals surface area contributed by atoms with Crippen molar-refractivity contribution >= 4 is 34.8 Å². The van der Waals surface area contributed by atoms with Crippen LogP contribution >= 0.6 is 23.2 Å². The topological polar surface area (TPSA) is 74.4 Å². The van der Waals surface area contributed by atoms with Crippen molar-refractivity contribution in [2.75, 3.05) is 23.9 Å². The molecule has 1 atom stereocenters. The van der Waals surface area contributed by atoms with Gasteiger partial charge in [-0.2, -0.15) is 0 Å². The number of aliphatic hydroxyl groups excluding tert-OH is 1. The molecule has 5 nitrogen and oxygen atoms in total. The summed E-state index contributed by atoms with van der Waals surface area (Å²) in [7, 11) is 1.84. The Balaban J connectivity index is 2.89. The van der Waals surface area contributed by atoms with Crippen LogP contribution in [0.2, 0.25) is 10.0 Å². The van der Waals surface area contributed by atoms with Crippen molar-refractivity contribution in [3.8, 4) is 0 Å². The lowest BCUT2D eigenvalue weighted by molar-refractivity contribution is 0.187. The number of nitrogen functional groups attached to an aromatic ring is 1. The second-order valence-electron chi connectivity index (χ2n) is 3.83. The lowest BCUT2D eigenvalue weighted by atomic mass is 10.3. The Bertz CT molecular complexity index is 387. The van der Waals surface area contributed by atoms with E-state index in [1.807, 2.05) is 11.9 Å². The SMILES string of the molecule is CC(O)CCN(C)c1nc(NN)c(Cl)cc1Cl. The molecular formula is C10H16Cl2N4O. The predicted molar refractivity (Wildman–Crippen MR) is 71.6 cm³/mol. The number of nitrogens with zero attached hydrogens (tertiary/aromatic N) is 2. The van der Waals surface area contributed by atoms with E-state index in [0.717, 1.165) is 0 Å². The van der Waals surface area contributed by atoms with Crippen LogP contribution in [0.25, 0.3) is 0 Å². The molecule has 0 aromatic carbocycles. The van der Waals surface area contributed by atoms with Gasteiger partial charge < -0.3 is 15.4 Å². The van der Waals surface area contributed by atoms with E-state index in [0.29, 0.717) is 34.6 Å². The monoisotopic (exact) mass is 278 g/mol. The minimum Gasteiger partial charge on any atom is -0.393 e. The quantitative estimate of drug-likeness (QED) is 0.567. The molecule has 7 heteroatoms. The largest absolute Gasteiger partial charge is 0.393 e. The third kappa shape index (κ3) is 3.89. The Hall–Kier alpha value is -0.750. The summed E-state index contributed by atoms with van der Waals surface area (Å²) < 4.78 is 0. The fourth-order valence-corrected chi connectivity index (χ4v) is 1.87. The molecule has 0 aliphatic rings. The molecule has 1 aromatic heterocycles. The zero-order valence-corrected chi connectivity index (χ0v) is 11.3. The molecule has 0 aliphatic heterocycles. The van der Waals surface area contributed by atoms with E-state index in [2.05, 4.69) is 10.4 Å². The number of hydrazine groups is 1. The Morgan fingerprint density at radius 3 is 2.71 bits per heavy atom. The molecule has 17 heavy (non-hydrogen) atoms. The number of nitrogens with two attached hydrogens (primary N) is 1. The van der Waals surface area contributed by atoms with E-state index < -0.39 is 0 Å². The van der Waals surface area contributed by atoms with Gasteiger partial charge in [0.25, 0.3) is 0 Å². The van der Waals surface area contributed by atoms with Crippen molar-refractivity contribution < 1.29 is 5.11 Å². The summed E-state index contributed by atoms with van der Waals surface area (Å²) in [5.41, 5.74) is 2.40. The fraction of sp³-hybridized carbons (Fsp3) is 0.500. The average molecular weight is 279 g/mol. The van der Waals surface area contributed by atoms with Gasteiger partial charge in [-0.1, -0.05) is 23.2 Å². The van der Waals surface area contributed by atoms with Gasteiger partial charge in [0, 0.05) is 13.6 Å². The highest BCUT2D eigenvalue weighted by molar-refractivity contribution is 6.37. The fourth-order valence-electron chi connectivity index (χ4n) is 1.31. The molecule has 1 aromatic rings. The number of rotatable bonds is 5. The summed E-state index contributed by atoms with van der Waals surface area (Å²) in [6.07, 6.45) is 0.262. The maximum absolute atomic E-state index is 9.23. The first-order chi connectivity index (χ1) is 7.95. The van der Waals surface area contributed by atoms with Crippen LogP contribution in [0.15, 0.2) is 6.07 Å². The highest BCUT2D eigenvalue weighted by Crippen LogP contribution is 2.30. The van der Waals surface area contributed by atoms with Crippen LogP contribution < -0.4 is 16.2 Å². The zero-order valence-electron chi connectivity index (χ0n) is 9.74. The van der Waals surface area contributed by atoms with Crippen LogP contribution in [-0.2, 0) is 0 Å². The highest BCUT2D eigenvalue weighted by atomic mass is 35.5. The molecule has 4 N–H and O–H groups in total. The molecule has 0 saturated carbocycles. The number of pyridine rings is 1. The summed E-state index contributed by atoms with van der Waals surface area (Å²) >= 11 is 11.9. The van der Waals surface area contributed by atoms with Crippen molar-refractivity contribution in [3.05, 3.63) is 16.1 Å². The third-order valence-electron chi connectivity index (χ3n) is 2.29. The molecule has 0 fully saturated rings. The standard InChI is InChI=1S/C10H16Cl2N4O/c1-6(17)3-4-16(2)10-8(12)5-7(11)9(14-10)15-13/h5-6,17H,3-4,13H2,1-2H3,(H,14,15). The number of hydrogen-bond donors (Lipinski definition) is 3. The number of halogens is 2. The first-order valence-corrected chi connectivity index (χ1v) is 5.93. The number of aliphatic hydroxyl groups is 1. The van der Waals surface area contributed by atoms with Crippen LogP contribution in [0, 0.1) is 0 Å². The second kappa shape index (κ2) is 6.26. The lowest BCUT2D eigenvalue weighted by Crippen LogP contribution is -2.23. The maximum Gasteiger partial charge on any atom is 0.161 e. The molecule has 1 unspecified atom stereocenters. The number of aromatic nitrogens is 1. The minimum absolute atomic E-state index is 0.365. The van der Waals surface area contributed by atoms with Crippen molar-refractivity contribution in [2.45, 2.75) is 19.4 Å². The molecule has 0 radical (unpaired) electrons. The van der Waals surface area contributed by atoms with Gasteiger partial charge in [0.2, 0.25) is 0 Å². The molecule has 0 bridgehead atoms. The molecule has 1 heterocycles. The van der Waals surface area contributed by atoms with E-state index in [1.165, 1.54) is 0 Å². The summed E-state index contributed by atoms with van der Waals surface area (Å²) in [5.74, 6) is 6.24. The van der Waals surface area contributed by atoms with Crippen molar-refractivity contribution in [1.82, 2.24) is 4.98 Å². The number of anilines is 2. The molecule has 0 saturated heterocycles. The van der Waals surface area contributed by atoms with E-state index in [4.69, 9.17) is 29.0 Å². The van der Waals surface area contributed by atoms with Crippen LogP contribution in [0.4, 0.5) is 11.6 Å². The van der Waals surface area contributed by atoms with Crippen LogP contribution in [0.5, 0.6) is 0 Å². The Kier molecular flexibility index (Phi) is 5.27. The Morgan fingerprint density at radius 1 is 1.53 bits per heavy atom. The predicted octanol–water partition coefficient (Wildman–Crippen LogP) is 1.88. The van der Waals surface area contributed by atoms with Gasteiger partial charge in [-0.15, -0.1) is 0 Å². The van der Waals surface area contributed by atoms with Gasteiger partial charge in [-0.25, -0.2) is 10.8 Å². The van der Waals surface area contributed by atoms with Gasteiger partial charge in [-0.3, -0.25) is 0 Å². The van der Waals surface area contributed by atoms with Crippen LogP contribution in [-0.4, -0.2) is 29.8 Å². The highest BCUT2D eigenvalue weighted by Gasteiger charge is 2.12. The first kappa shape index (κ1) is 14.3. The van der Waals surface area contributed by atoms with Crippen molar-refractivity contribution in [3.63, 3.8) is 0 Å². The van der Waals surface area contributed by atoms with Crippen LogP contribution in [0.1, 0.15) is 13.3 Å². The Labute approximate surface area is 110 Å². The molecule has 0 amide bonds. The van der Waals surface area contributed by atoms with E-state index >= 15 is 0 Å².